The minimum Gasteiger partial charge on any atom is -0.340 e. The Morgan fingerprint density at radius 2 is 0.882 bits per heavy atom. The van der Waals surface area contributed by atoms with Crippen LogP contribution in [0.3, 0.4) is 0 Å². The molecule has 0 radical (unpaired) electrons. The molecule has 0 bridgehead atoms. The third-order valence-electron chi connectivity index (χ3n) is 7.58. The summed E-state index contributed by atoms with van der Waals surface area (Å²) in [5.74, 6) is 0.341. The van der Waals surface area contributed by atoms with E-state index in [1.54, 1.807) is 0 Å². The second-order valence-corrected chi connectivity index (χ2v) is 11.7. The standard InChI is InChI=1S/C31H65N2O/c1-6-8-10-12-14-16-17-18-20-22-24-26-29-33(4,5)30-28-32(3)31(34)27-25-23-21-19-15-13-11-9-7-2/h6-30H2,1-5H3/q+1. The van der Waals surface area contributed by atoms with Gasteiger partial charge in [-0.15, -0.1) is 0 Å². The molecule has 0 saturated heterocycles. The van der Waals surface area contributed by atoms with Crippen LogP contribution in [0.25, 0.3) is 0 Å². The molecule has 0 unspecified atom stereocenters. The molecule has 0 heterocycles. The number of nitrogens with zero attached hydrogens (tertiary/aromatic N) is 2. The van der Waals surface area contributed by atoms with Gasteiger partial charge in [-0.05, 0) is 19.3 Å². The van der Waals surface area contributed by atoms with Gasteiger partial charge in [0.2, 0.25) is 5.91 Å². The molecule has 0 aromatic carbocycles. The molecule has 0 atom stereocenters. The van der Waals surface area contributed by atoms with Gasteiger partial charge in [-0.1, -0.05) is 129 Å². The van der Waals surface area contributed by atoms with Crippen LogP contribution in [0.15, 0.2) is 0 Å². The number of likely N-dealkylation sites (N-methyl/N-ethyl adjacent to an activating group) is 2. The third-order valence-corrected chi connectivity index (χ3v) is 7.58. The van der Waals surface area contributed by atoms with Crippen molar-refractivity contribution in [1.82, 2.24) is 4.90 Å². The zero-order valence-corrected chi connectivity index (χ0v) is 24.5. The number of carbonyl (C=O) groups is 1. The number of hydrogen-bond acceptors (Lipinski definition) is 1. The summed E-state index contributed by atoms with van der Waals surface area (Å²) in [4.78, 5) is 14.4. The van der Waals surface area contributed by atoms with Crippen molar-refractivity contribution in [1.29, 1.82) is 0 Å². The Morgan fingerprint density at radius 3 is 1.29 bits per heavy atom. The molecule has 1 amide bonds. The Labute approximate surface area is 216 Å². The Morgan fingerprint density at radius 1 is 0.529 bits per heavy atom. The molecule has 0 aliphatic heterocycles. The van der Waals surface area contributed by atoms with Gasteiger partial charge in [0.1, 0.15) is 0 Å². The van der Waals surface area contributed by atoms with Gasteiger partial charge < -0.3 is 9.38 Å². The fraction of sp³-hybridized carbons (Fsp3) is 0.968. The molecular weight excluding hydrogens is 416 g/mol. The van der Waals surface area contributed by atoms with Gasteiger partial charge in [0, 0.05) is 13.5 Å². The normalized spacial score (nSPS) is 11.8. The fourth-order valence-corrected chi connectivity index (χ4v) is 4.82. The van der Waals surface area contributed by atoms with Crippen LogP contribution in [0.1, 0.15) is 155 Å². The van der Waals surface area contributed by atoms with E-state index >= 15 is 0 Å². The summed E-state index contributed by atoms with van der Waals surface area (Å²) in [6.45, 7) is 7.75. The van der Waals surface area contributed by atoms with Crippen LogP contribution in [0.5, 0.6) is 0 Å². The van der Waals surface area contributed by atoms with E-state index in [2.05, 4.69) is 27.9 Å². The first kappa shape index (κ1) is 33.4. The lowest BCUT2D eigenvalue weighted by Crippen LogP contribution is -2.46. The Kier molecular flexibility index (Phi) is 23.7. The molecule has 0 fully saturated rings. The highest BCUT2D eigenvalue weighted by Crippen LogP contribution is 2.13. The van der Waals surface area contributed by atoms with Crippen molar-refractivity contribution in [2.45, 2.75) is 155 Å². The molecule has 0 N–H and O–H groups in total. The van der Waals surface area contributed by atoms with Gasteiger partial charge in [0.15, 0.2) is 0 Å². The van der Waals surface area contributed by atoms with E-state index in [-0.39, 0.29) is 0 Å². The van der Waals surface area contributed by atoms with E-state index in [0.29, 0.717) is 5.91 Å². The predicted molar refractivity (Wildman–Crippen MR) is 152 cm³/mol. The van der Waals surface area contributed by atoms with Gasteiger partial charge in [0.25, 0.3) is 0 Å². The molecule has 0 saturated carbocycles. The van der Waals surface area contributed by atoms with Crippen molar-refractivity contribution in [3.8, 4) is 0 Å². The second-order valence-electron chi connectivity index (χ2n) is 11.7. The molecule has 0 aromatic rings. The molecule has 0 spiro atoms. The lowest BCUT2D eigenvalue weighted by Gasteiger charge is -2.32. The van der Waals surface area contributed by atoms with E-state index < -0.39 is 0 Å². The fourth-order valence-electron chi connectivity index (χ4n) is 4.82. The second kappa shape index (κ2) is 24.1. The number of unbranched alkanes of at least 4 members (excludes halogenated alkanes) is 19. The first-order valence-corrected chi connectivity index (χ1v) is 15.5. The van der Waals surface area contributed by atoms with Crippen molar-refractivity contribution in [3.05, 3.63) is 0 Å². The summed E-state index contributed by atoms with van der Waals surface area (Å²) < 4.78 is 1.04. The first-order chi connectivity index (χ1) is 16.4. The highest BCUT2D eigenvalue weighted by molar-refractivity contribution is 5.75. The van der Waals surface area contributed by atoms with Gasteiger partial charge in [0.05, 0.1) is 33.7 Å². The van der Waals surface area contributed by atoms with Gasteiger partial charge in [-0.2, -0.15) is 0 Å². The minimum atomic E-state index is 0.341. The molecule has 0 aliphatic carbocycles. The van der Waals surface area contributed by atoms with E-state index in [4.69, 9.17) is 0 Å². The summed E-state index contributed by atoms with van der Waals surface area (Å²) >= 11 is 0. The van der Waals surface area contributed by atoms with E-state index in [9.17, 15) is 4.79 Å². The van der Waals surface area contributed by atoms with Crippen LogP contribution >= 0.6 is 0 Å². The van der Waals surface area contributed by atoms with Crippen molar-refractivity contribution in [3.63, 3.8) is 0 Å². The van der Waals surface area contributed by atoms with Crippen molar-refractivity contribution in [2.24, 2.45) is 0 Å². The monoisotopic (exact) mass is 482 g/mol. The Bertz CT molecular complexity index is 435. The van der Waals surface area contributed by atoms with E-state index in [1.165, 1.54) is 135 Å². The highest BCUT2D eigenvalue weighted by Gasteiger charge is 2.17. The van der Waals surface area contributed by atoms with E-state index in [0.717, 1.165) is 30.4 Å². The summed E-state index contributed by atoms with van der Waals surface area (Å²) in [6.07, 6.45) is 29.4. The number of quaternary nitrogens is 1. The molecular formula is C31H65N2O+. The Balaban J connectivity index is 3.60. The maximum Gasteiger partial charge on any atom is 0.222 e. The number of rotatable bonds is 26. The predicted octanol–water partition coefficient (Wildman–Crippen LogP) is 9.14. The summed E-state index contributed by atoms with van der Waals surface area (Å²) in [7, 11) is 6.66. The van der Waals surface area contributed by atoms with Crippen LogP contribution in [0.4, 0.5) is 0 Å². The smallest absolute Gasteiger partial charge is 0.222 e. The number of amides is 1. The third kappa shape index (κ3) is 23.2. The number of carbonyl (C=O) groups excluding carboxylic acids is 1. The molecule has 0 aliphatic rings. The number of hydrogen-bond donors (Lipinski definition) is 0. The van der Waals surface area contributed by atoms with Crippen LogP contribution in [-0.4, -0.2) is 56.1 Å². The lowest BCUT2D eigenvalue weighted by molar-refractivity contribution is -0.889. The largest absolute Gasteiger partial charge is 0.340 e. The zero-order valence-electron chi connectivity index (χ0n) is 24.5. The molecule has 3 nitrogen and oxygen atoms in total. The maximum absolute atomic E-state index is 12.5. The topological polar surface area (TPSA) is 20.3 Å². The first-order valence-electron chi connectivity index (χ1n) is 15.5. The molecule has 34 heavy (non-hydrogen) atoms. The average molecular weight is 482 g/mol. The van der Waals surface area contributed by atoms with Crippen LogP contribution in [-0.2, 0) is 4.79 Å². The zero-order chi connectivity index (χ0) is 25.3. The van der Waals surface area contributed by atoms with Gasteiger partial charge >= 0.3 is 0 Å². The summed E-state index contributed by atoms with van der Waals surface area (Å²) in [5.41, 5.74) is 0. The molecule has 0 aromatic heterocycles. The van der Waals surface area contributed by atoms with Crippen LogP contribution in [0.2, 0.25) is 0 Å². The van der Waals surface area contributed by atoms with Crippen molar-refractivity contribution in [2.75, 3.05) is 40.8 Å². The van der Waals surface area contributed by atoms with Gasteiger partial charge in [-0.25, -0.2) is 0 Å². The van der Waals surface area contributed by atoms with E-state index in [1.807, 2.05) is 11.9 Å². The molecule has 204 valence electrons. The van der Waals surface area contributed by atoms with Crippen molar-refractivity contribution >= 4 is 5.91 Å². The summed E-state index contributed by atoms with van der Waals surface area (Å²) in [6, 6.07) is 0. The Hall–Kier alpha value is -0.570. The molecule has 0 rings (SSSR count). The highest BCUT2D eigenvalue weighted by atomic mass is 16.2. The lowest BCUT2D eigenvalue weighted by atomic mass is 10.1. The maximum atomic E-state index is 12.5. The summed E-state index contributed by atoms with van der Waals surface area (Å²) in [5, 5.41) is 0. The SMILES string of the molecule is CCCCCCCCCCCCCC[N+](C)(C)CCN(C)C(=O)CCCCCCCCCCC. The molecule has 3 heteroatoms. The van der Waals surface area contributed by atoms with Crippen LogP contribution in [0, 0.1) is 0 Å². The van der Waals surface area contributed by atoms with Gasteiger partial charge in [-0.3, -0.25) is 4.79 Å². The quantitative estimate of drug-likeness (QED) is 0.0890. The van der Waals surface area contributed by atoms with Crippen LogP contribution < -0.4 is 0 Å². The van der Waals surface area contributed by atoms with Crippen molar-refractivity contribution < 1.29 is 9.28 Å². The average Bonchev–Trinajstić information content (AvgIpc) is 2.82. The minimum absolute atomic E-state index is 0.341.